The van der Waals surface area contributed by atoms with E-state index < -0.39 is 20.9 Å². The van der Waals surface area contributed by atoms with Crippen molar-refractivity contribution in [3.05, 3.63) is 60.0 Å². The summed E-state index contributed by atoms with van der Waals surface area (Å²) >= 11 is 0. The molecule has 0 aliphatic heterocycles. The van der Waals surface area contributed by atoms with Gasteiger partial charge in [0, 0.05) is 19.3 Å². The van der Waals surface area contributed by atoms with Crippen LogP contribution in [0.3, 0.4) is 0 Å². The average Bonchev–Trinajstić information content (AvgIpc) is 2.46. The summed E-state index contributed by atoms with van der Waals surface area (Å²) in [6.07, 6.45) is 1.27. The van der Waals surface area contributed by atoms with Gasteiger partial charge >= 0.3 is 0 Å². The summed E-state index contributed by atoms with van der Waals surface area (Å²) in [6, 6.07) is 11.6. The lowest BCUT2D eigenvalue weighted by Gasteiger charge is -2.20. The molecule has 0 fully saturated rings. The largest absolute Gasteiger partial charge is 0.263 e. The zero-order valence-corrected chi connectivity index (χ0v) is 11.8. The second kappa shape index (κ2) is 6.11. The average molecular weight is 294 g/mol. The first-order valence-electron chi connectivity index (χ1n) is 6.20. The Kier molecular flexibility index (Phi) is 4.46. The third kappa shape index (κ3) is 3.02. The smallest absolute Gasteiger partial charge is 0.241 e. The fourth-order valence-electron chi connectivity index (χ4n) is 1.84. The third-order valence-electron chi connectivity index (χ3n) is 2.86. The summed E-state index contributed by atoms with van der Waals surface area (Å²) in [5.74, 6) is -0.834. The molecule has 0 N–H and O–H groups in total. The van der Waals surface area contributed by atoms with Gasteiger partial charge in [0.05, 0.1) is 0 Å². The highest BCUT2D eigenvalue weighted by molar-refractivity contribution is 7.89. The molecule has 0 aliphatic carbocycles. The molecule has 1 heterocycles. The minimum absolute atomic E-state index is 0.190. The Morgan fingerprint density at radius 3 is 2.45 bits per heavy atom. The maximum atomic E-state index is 13.7. The van der Waals surface area contributed by atoms with Gasteiger partial charge in [-0.2, -0.15) is 4.31 Å². The number of aromatic nitrogens is 1. The first-order chi connectivity index (χ1) is 9.55. The number of pyridine rings is 1. The molecule has 4 nitrogen and oxygen atoms in total. The predicted molar refractivity (Wildman–Crippen MR) is 73.9 cm³/mol. The first kappa shape index (κ1) is 14.6. The molecule has 0 saturated heterocycles. The topological polar surface area (TPSA) is 50.3 Å². The Morgan fingerprint density at radius 1 is 1.15 bits per heavy atom. The van der Waals surface area contributed by atoms with Crippen molar-refractivity contribution in [2.45, 2.75) is 18.5 Å². The van der Waals surface area contributed by atoms with Crippen LogP contribution in [-0.4, -0.2) is 24.3 Å². The van der Waals surface area contributed by atoms with E-state index in [-0.39, 0.29) is 13.1 Å². The lowest BCUT2D eigenvalue weighted by Crippen LogP contribution is -2.31. The van der Waals surface area contributed by atoms with Gasteiger partial charge in [-0.05, 0) is 17.7 Å². The standard InChI is InChI=1S/C14H15FN2O2S/c1-2-17(11-12-7-4-3-5-8-12)20(18,19)14-13(15)9-6-10-16-14/h3-10H,2,11H2,1H3. The van der Waals surface area contributed by atoms with Crippen molar-refractivity contribution < 1.29 is 12.8 Å². The van der Waals surface area contributed by atoms with Crippen molar-refractivity contribution in [3.63, 3.8) is 0 Å². The van der Waals surface area contributed by atoms with Crippen LogP contribution in [0.15, 0.2) is 53.7 Å². The maximum Gasteiger partial charge on any atom is 0.263 e. The second-order valence-electron chi connectivity index (χ2n) is 4.21. The number of benzene rings is 1. The first-order valence-corrected chi connectivity index (χ1v) is 7.64. The SMILES string of the molecule is CCN(Cc1ccccc1)S(=O)(=O)c1ncccc1F. The van der Waals surface area contributed by atoms with Gasteiger partial charge in [0.15, 0.2) is 5.82 Å². The van der Waals surface area contributed by atoms with Gasteiger partial charge in [-0.1, -0.05) is 37.3 Å². The van der Waals surface area contributed by atoms with Crippen molar-refractivity contribution in [1.29, 1.82) is 0 Å². The predicted octanol–water partition coefficient (Wildman–Crippen LogP) is 2.43. The number of halogens is 1. The Morgan fingerprint density at radius 2 is 1.85 bits per heavy atom. The highest BCUT2D eigenvalue weighted by Gasteiger charge is 2.27. The minimum Gasteiger partial charge on any atom is -0.241 e. The molecule has 0 unspecified atom stereocenters. The summed E-state index contributed by atoms with van der Waals surface area (Å²) in [4.78, 5) is 3.66. The van der Waals surface area contributed by atoms with Crippen molar-refractivity contribution in [1.82, 2.24) is 9.29 Å². The molecule has 1 aromatic heterocycles. The number of hydrogen-bond acceptors (Lipinski definition) is 3. The van der Waals surface area contributed by atoms with Crippen molar-refractivity contribution in [3.8, 4) is 0 Å². The summed E-state index contributed by atoms with van der Waals surface area (Å²) in [5, 5.41) is -0.530. The van der Waals surface area contributed by atoms with Crippen LogP contribution in [0.5, 0.6) is 0 Å². The van der Waals surface area contributed by atoms with E-state index >= 15 is 0 Å². The molecule has 0 saturated carbocycles. The second-order valence-corrected chi connectivity index (χ2v) is 6.06. The highest BCUT2D eigenvalue weighted by atomic mass is 32.2. The Labute approximate surface area is 117 Å². The molecular weight excluding hydrogens is 279 g/mol. The number of sulfonamides is 1. The molecule has 6 heteroatoms. The molecule has 20 heavy (non-hydrogen) atoms. The van der Waals surface area contributed by atoms with Crippen LogP contribution in [0.1, 0.15) is 12.5 Å². The van der Waals surface area contributed by atoms with Gasteiger partial charge in [-0.25, -0.2) is 17.8 Å². The van der Waals surface area contributed by atoms with Crippen LogP contribution in [0.2, 0.25) is 0 Å². The van der Waals surface area contributed by atoms with Crippen LogP contribution >= 0.6 is 0 Å². The maximum absolute atomic E-state index is 13.7. The van der Waals surface area contributed by atoms with Gasteiger partial charge < -0.3 is 0 Å². The van der Waals surface area contributed by atoms with Gasteiger partial charge in [0.25, 0.3) is 10.0 Å². The minimum atomic E-state index is -3.93. The van der Waals surface area contributed by atoms with Crippen LogP contribution < -0.4 is 0 Å². The lowest BCUT2D eigenvalue weighted by molar-refractivity contribution is 0.415. The Hall–Kier alpha value is -1.79. The lowest BCUT2D eigenvalue weighted by atomic mass is 10.2. The van der Waals surface area contributed by atoms with Gasteiger partial charge in [-0.15, -0.1) is 0 Å². The Bertz CT molecular complexity index is 675. The van der Waals surface area contributed by atoms with E-state index in [4.69, 9.17) is 0 Å². The van der Waals surface area contributed by atoms with Crippen LogP contribution in [0, 0.1) is 5.82 Å². The molecule has 2 rings (SSSR count). The molecule has 106 valence electrons. The fourth-order valence-corrected chi connectivity index (χ4v) is 3.25. The van der Waals surface area contributed by atoms with Crippen LogP contribution in [-0.2, 0) is 16.6 Å². The Balaban J connectivity index is 2.34. The van der Waals surface area contributed by atoms with Crippen LogP contribution in [0.25, 0.3) is 0 Å². The van der Waals surface area contributed by atoms with E-state index in [1.165, 1.54) is 16.6 Å². The van der Waals surface area contributed by atoms with Crippen molar-refractivity contribution in [2.24, 2.45) is 0 Å². The monoisotopic (exact) mass is 294 g/mol. The van der Waals surface area contributed by atoms with E-state index in [9.17, 15) is 12.8 Å². The van der Waals surface area contributed by atoms with Crippen molar-refractivity contribution in [2.75, 3.05) is 6.54 Å². The van der Waals surface area contributed by atoms with Gasteiger partial charge in [0.1, 0.15) is 0 Å². The molecule has 0 spiro atoms. The number of nitrogens with zero attached hydrogens (tertiary/aromatic N) is 2. The highest BCUT2D eigenvalue weighted by Crippen LogP contribution is 2.18. The summed E-state index contributed by atoms with van der Waals surface area (Å²) in [7, 11) is -3.93. The molecule has 0 atom stereocenters. The fraction of sp³-hybridized carbons (Fsp3) is 0.214. The third-order valence-corrected chi connectivity index (χ3v) is 4.72. The molecule has 0 bridgehead atoms. The molecule has 0 amide bonds. The molecule has 2 aromatic rings. The quantitative estimate of drug-likeness (QED) is 0.851. The van der Waals surface area contributed by atoms with E-state index in [2.05, 4.69) is 4.98 Å². The van der Waals surface area contributed by atoms with E-state index in [0.29, 0.717) is 0 Å². The van der Waals surface area contributed by atoms with Crippen LogP contribution in [0.4, 0.5) is 4.39 Å². The van der Waals surface area contributed by atoms with Crippen molar-refractivity contribution >= 4 is 10.0 Å². The van der Waals surface area contributed by atoms with Gasteiger partial charge in [0.2, 0.25) is 5.03 Å². The molecule has 1 aromatic carbocycles. The van der Waals surface area contributed by atoms with E-state index in [0.717, 1.165) is 11.6 Å². The zero-order chi connectivity index (χ0) is 14.6. The number of hydrogen-bond donors (Lipinski definition) is 0. The van der Waals surface area contributed by atoms with E-state index in [1.807, 2.05) is 30.3 Å². The summed E-state index contributed by atoms with van der Waals surface area (Å²) in [6.45, 7) is 2.14. The zero-order valence-electron chi connectivity index (χ0n) is 11.0. The van der Waals surface area contributed by atoms with Gasteiger partial charge in [-0.3, -0.25) is 0 Å². The molecular formula is C14H15FN2O2S. The summed E-state index contributed by atoms with van der Waals surface area (Å²) < 4.78 is 39.7. The number of rotatable bonds is 5. The molecule has 0 aliphatic rings. The summed E-state index contributed by atoms with van der Waals surface area (Å²) in [5.41, 5.74) is 0.842. The van der Waals surface area contributed by atoms with E-state index in [1.54, 1.807) is 6.92 Å². The molecule has 0 radical (unpaired) electrons. The normalized spacial score (nSPS) is 11.8.